The van der Waals surface area contributed by atoms with Crippen LogP contribution in [0, 0.1) is 11.8 Å². The van der Waals surface area contributed by atoms with Crippen LogP contribution in [0.5, 0.6) is 0 Å². The lowest BCUT2D eigenvalue weighted by atomic mass is 9.84. The van der Waals surface area contributed by atoms with E-state index in [0.29, 0.717) is 6.54 Å². The molecule has 0 radical (unpaired) electrons. The number of amides is 1. The molecule has 1 N–H and O–H groups in total. The molecule has 0 spiro atoms. The number of hydrogen-bond donors (Lipinski definition) is 1. The summed E-state index contributed by atoms with van der Waals surface area (Å²) in [4.78, 5) is 18.2. The van der Waals surface area contributed by atoms with Gasteiger partial charge in [-0.3, -0.25) is 9.79 Å². The smallest absolute Gasteiger partial charge is 0.216 e. The maximum absolute atomic E-state index is 11.3. The molecular weight excluding hydrogens is 362 g/mol. The predicted octanol–water partition coefficient (Wildman–Crippen LogP) is 3.96. The topological polar surface area (TPSA) is 53.9 Å². The number of benzene rings is 1. The van der Waals surface area contributed by atoms with Crippen molar-refractivity contribution in [1.29, 1.82) is 0 Å². The van der Waals surface area contributed by atoms with Gasteiger partial charge in [0.25, 0.3) is 0 Å². The van der Waals surface area contributed by atoms with E-state index in [-0.39, 0.29) is 17.7 Å². The Balaban J connectivity index is 1.77. The van der Waals surface area contributed by atoms with Crippen molar-refractivity contribution in [3.05, 3.63) is 71.7 Å². The van der Waals surface area contributed by atoms with E-state index < -0.39 is 0 Å². The van der Waals surface area contributed by atoms with Crippen LogP contribution in [-0.4, -0.2) is 39.4 Å². The Labute approximate surface area is 173 Å². The molecule has 2 atom stereocenters. The van der Waals surface area contributed by atoms with Gasteiger partial charge in [-0.25, -0.2) is 0 Å². The van der Waals surface area contributed by atoms with Gasteiger partial charge in [0.2, 0.25) is 5.91 Å². The minimum Gasteiger partial charge on any atom is -0.497 e. The third kappa shape index (κ3) is 5.25. The van der Waals surface area contributed by atoms with Crippen LogP contribution in [0.15, 0.2) is 71.1 Å². The normalized spacial score (nSPS) is 21.7. The first-order valence-corrected chi connectivity index (χ1v) is 9.90. The van der Waals surface area contributed by atoms with Crippen molar-refractivity contribution in [2.75, 3.05) is 32.6 Å². The van der Waals surface area contributed by atoms with Gasteiger partial charge < -0.3 is 15.0 Å². The number of carbonyl (C=O) groups is 1. The first-order valence-electron chi connectivity index (χ1n) is 9.90. The zero-order valence-electron chi connectivity index (χ0n) is 17.6. The Kier molecular flexibility index (Phi) is 6.70. The number of fused-ring (bicyclic) bond motifs is 1. The molecule has 0 bridgehead atoms. The molecule has 152 valence electrons. The number of hydrogen-bond acceptors (Lipinski definition) is 4. The monoisotopic (exact) mass is 391 g/mol. The summed E-state index contributed by atoms with van der Waals surface area (Å²) >= 11 is 0. The second-order valence-corrected chi connectivity index (χ2v) is 7.48. The Morgan fingerprint density at radius 2 is 2.00 bits per heavy atom. The summed E-state index contributed by atoms with van der Waals surface area (Å²) in [6.45, 7) is 2.18. The maximum atomic E-state index is 11.3. The average Bonchev–Trinajstić information content (AvgIpc) is 3.04. The maximum Gasteiger partial charge on any atom is 0.216 e. The first-order chi connectivity index (χ1) is 14.0. The van der Waals surface area contributed by atoms with Gasteiger partial charge in [0, 0.05) is 56.5 Å². The summed E-state index contributed by atoms with van der Waals surface area (Å²) in [6, 6.07) is 8.43. The molecule has 29 heavy (non-hydrogen) atoms. The third-order valence-corrected chi connectivity index (χ3v) is 5.21. The fraction of sp³-hybridized carbons (Fsp3) is 0.333. The van der Waals surface area contributed by atoms with Gasteiger partial charge in [0.15, 0.2) is 0 Å². The summed E-state index contributed by atoms with van der Waals surface area (Å²) < 4.78 is 5.40. The molecule has 5 heteroatoms. The average molecular weight is 392 g/mol. The van der Waals surface area contributed by atoms with Gasteiger partial charge in [0.1, 0.15) is 5.76 Å². The molecule has 1 aromatic carbocycles. The number of aliphatic imine (C=N–C) groups is 1. The lowest BCUT2D eigenvalue weighted by molar-refractivity contribution is -0.118. The largest absolute Gasteiger partial charge is 0.497 e. The summed E-state index contributed by atoms with van der Waals surface area (Å²) in [5.74, 6) is 1.25. The van der Waals surface area contributed by atoms with Crippen molar-refractivity contribution >= 4 is 23.4 Å². The van der Waals surface area contributed by atoms with Crippen molar-refractivity contribution in [3.8, 4) is 0 Å². The molecule has 5 nitrogen and oxygen atoms in total. The zero-order valence-corrected chi connectivity index (χ0v) is 17.6. The lowest BCUT2D eigenvalue weighted by Crippen LogP contribution is -2.26. The van der Waals surface area contributed by atoms with Crippen LogP contribution in [0.4, 0.5) is 5.69 Å². The molecule has 0 saturated heterocycles. The molecule has 2 unspecified atom stereocenters. The van der Waals surface area contributed by atoms with E-state index in [9.17, 15) is 4.79 Å². The third-order valence-electron chi connectivity index (χ3n) is 5.21. The highest BCUT2D eigenvalue weighted by Gasteiger charge is 2.34. The number of carbonyl (C=O) groups excluding carboxylic acids is 1. The summed E-state index contributed by atoms with van der Waals surface area (Å²) in [5, 5.41) is 2.90. The van der Waals surface area contributed by atoms with E-state index in [1.54, 1.807) is 14.0 Å². The van der Waals surface area contributed by atoms with Crippen LogP contribution < -0.4 is 10.2 Å². The Bertz CT molecular complexity index is 889. The zero-order chi connectivity index (χ0) is 20.8. The number of allylic oxidation sites excluding steroid dienone is 6. The van der Waals surface area contributed by atoms with Crippen molar-refractivity contribution in [2.45, 2.75) is 13.3 Å². The molecule has 0 saturated carbocycles. The molecule has 1 aromatic rings. The van der Waals surface area contributed by atoms with E-state index in [0.717, 1.165) is 29.2 Å². The van der Waals surface area contributed by atoms with E-state index in [2.05, 4.69) is 58.8 Å². The molecule has 1 amide bonds. The summed E-state index contributed by atoms with van der Waals surface area (Å²) in [6.07, 6.45) is 13.2. The highest BCUT2D eigenvalue weighted by Crippen LogP contribution is 2.37. The molecule has 3 rings (SSSR count). The van der Waals surface area contributed by atoms with Gasteiger partial charge >= 0.3 is 0 Å². The molecular formula is C24H29N3O2. The summed E-state index contributed by atoms with van der Waals surface area (Å²) in [7, 11) is 5.75. The van der Waals surface area contributed by atoms with Gasteiger partial charge in [-0.2, -0.15) is 0 Å². The fourth-order valence-corrected chi connectivity index (χ4v) is 3.62. The van der Waals surface area contributed by atoms with Crippen molar-refractivity contribution < 1.29 is 9.53 Å². The van der Waals surface area contributed by atoms with Crippen LogP contribution in [0.2, 0.25) is 0 Å². The second-order valence-electron chi connectivity index (χ2n) is 7.48. The highest BCUT2D eigenvalue weighted by atomic mass is 16.5. The first kappa shape index (κ1) is 20.6. The Hall–Kier alpha value is -3.08. The highest BCUT2D eigenvalue weighted by molar-refractivity contribution is 6.02. The van der Waals surface area contributed by atoms with E-state index in [4.69, 9.17) is 9.73 Å². The minimum absolute atomic E-state index is 0.00704. The number of nitrogens with zero attached hydrogens (tertiary/aromatic N) is 2. The Morgan fingerprint density at radius 1 is 1.24 bits per heavy atom. The quantitative estimate of drug-likeness (QED) is 0.765. The SMILES string of the molecule is COC1=CC2C(=N/C(=C\C=C\c3ccc(N(C)C)cc3)C2CCNC(C)=O)C=C1. The van der Waals surface area contributed by atoms with Gasteiger partial charge in [-0.15, -0.1) is 0 Å². The van der Waals surface area contributed by atoms with Gasteiger partial charge in [-0.1, -0.05) is 24.3 Å². The molecule has 1 heterocycles. The van der Waals surface area contributed by atoms with Gasteiger partial charge in [-0.05, 0) is 48.4 Å². The van der Waals surface area contributed by atoms with Crippen molar-refractivity contribution in [1.82, 2.24) is 5.32 Å². The second kappa shape index (κ2) is 9.41. The van der Waals surface area contributed by atoms with Gasteiger partial charge in [0.05, 0.1) is 7.11 Å². The van der Waals surface area contributed by atoms with E-state index in [1.807, 2.05) is 26.2 Å². The van der Waals surface area contributed by atoms with Crippen LogP contribution in [-0.2, 0) is 9.53 Å². The van der Waals surface area contributed by atoms with Crippen LogP contribution in [0.1, 0.15) is 18.9 Å². The Morgan fingerprint density at radius 3 is 2.66 bits per heavy atom. The standard InChI is InChI=1S/C24H29N3O2/c1-17(28)25-15-14-21-22-16-20(29-4)12-13-24(22)26-23(21)7-5-6-18-8-10-19(11-9-18)27(2)3/h5-13,16,21-22H,14-15H2,1-4H3,(H,25,28)/b6-5+,23-7-. The number of rotatable bonds is 7. The van der Waals surface area contributed by atoms with Crippen LogP contribution in [0.3, 0.4) is 0 Å². The molecule has 0 fully saturated rings. The van der Waals surface area contributed by atoms with Crippen molar-refractivity contribution in [2.24, 2.45) is 16.8 Å². The lowest BCUT2D eigenvalue weighted by Gasteiger charge is -2.20. The fourth-order valence-electron chi connectivity index (χ4n) is 3.62. The molecule has 2 aliphatic rings. The molecule has 1 aliphatic heterocycles. The number of anilines is 1. The minimum atomic E-state index is -0.00704. The van der Waals surface area contributed by atoms with Crippen molar-refractivity contribution in [3.63, 3.8) is 0 Å². The van der Waals surface area contributed by atoms with Crippen LogP contribution in [0.25, 0.3) is 6.08 Å². The van der Waals surface area contributed by atoms with E-state index in [1.165, 1.54) is 5.69 Å². The van der Waals surface area contributed by atoms with E-state index >= 15 is 0 Å². The summed E-state index contributed by atoms with van der Waals surface area (Å²) in [5.41, 5.74) is 4.41. The number of methoxy groups -OCH3 is 1. The molecule has 1 aliphatic carbocycles. The molecule has 0 aromatic heterocycles. The number of nitrogens with one attached hydrogen (secondary N) is 1. The predicted molar refractivity (Wildman–Crippen MR) is 120 cm³/mol. The van der Waals surface area contributed by atoms with Crippen LogP contribution >= 0.6 is 0 Å². The number of ether oxygens (including phenoxy) is 1.